The molecule has 0 aliphatic rings. The van der Waals surface area contributed by atoms with Crippen LogP contribution in [0.25, 0.3) is 26.7 Å². The average Bonchev–Trinajstić information content (AvgIpc) is 3.57. The highest BCUT2D eigenvalue weighted by Crippen LogP contribution is 2.37. The summed E-state index contributed by atoms with van der Waals surface area (Å²) in [6, 6.07) is 24.8. The van der Waals surface area contributed by atoms with Gasteiger partial charge in [-0.15, -0.1) is 11.3 Å². The lowest BCUT2D eigenvalue weighted by atomic mass is 10.2. The maximum Gasteiger partial charge on any atom is 0.274 e. The van der Waals surface area contributed by atoms with Crippen LogP contribution in [-0.4, -0.2) is 43.4 Å². The SMILES string of the molecule is CN(Cc1ccncc1)C(=O)c1cc(-c2ccc(-c3cccc([S+](C)[O-])c3)s2)n(-c2ccccc2Cl)n1. The molecule has 3 aromatic heterocycles. The zero-order chi connectivity index (χ0) is 25.9. The van der Waals surface area contributed by atoms with Crippen molar-refractivity contribution >= 4 is 40.0 Å². The molecule has 186 valence electrons. The Morgan fingerprint density at radius 1 is 1.03 bits per heavy atom. The third-order valence-corrected chi connectivity index (χ3v) is 8.23. The van der Waals surface area contributed by atoms with Crippen molar-refractivity contribution in [3.8, 4) is 26.7 Å². The predicted octanol–water partition coefficient (Wildman–Crippen LogP) is 6.33. The van der Waals surface area contributed by atoms with E-state index >= 15 is 0 Å². The number of carbonyl (C=O) groups excluding carboxylic acids is 1. The molecule has 0 bridgehead atoms. The number of aromatic nitrogens is 3. The van der Waals surface area contributed by atoms with E-state index in [0.29, 0.717) is 22.9 Å². The smallest absolute Gasteiger partial charge is 0.274 e. The van der Waals surface area contributed by atoms with Crippen LogP contribution in [0.3, 0.4) is 0 Å². The van der Waals surface area contributed by atoms with E-state index in [1.54, 1.807) is 52.7 Å². The quantitative estimate of drug-likeness (QED) is 0.224. The van der Waals surface area contributed by atoms with Crippen molar-refractivity contribution < 1.29 is 9.35 Å². The van der Waals surface area contributed by atoms with Gasteiger partial charge >= 0.3 is 0 Å². The lowest BCUT2D eigenvalue weighted by Crippen LogP contribution is -2.26. The van der Waals surface area contributed by atoms with Crippen molar-refractivity contribution in [1.82, 2.24) is 19.7 Å². The van der Waals surface area contributed by atoms with Crippen LogP contribution >= 0.6 is 22.9 Å². The molecule has 0 spiro atoms. The van der Waals surface area contributed by atoms with Crippen molar-refractivity contribution in [3.05, 3.63) is 108 Å². The normalized spacial score (nSPS) is 11.9. The molecule has 1 amide bonds. The van der Waals surface area contributed by atoms with Gasteiger partial charge in [-0.05, 0) is 70.8 Å². The van der Waals surface area contributed by atoms with Crippen molar-refractivity contribution in [2.24, 2.45) is 0 Å². The minimum atomic E-state index is -1.06. The first-order chi connectivity index (χ1) is 17.9. The Bertz CT molecular complexity index is 1550. The maximum absolute atomic E-state index is 13.4. The van der Waals surface area contributed by atoms with Gasteiger partial charge in [0.1, 0.15) is 6.26 Å². The fourth-order valence-electron chi connectivity index (χ4n) is 3.96. The highest BCUT2D eigenvalue weighted by atomic mass is 35.5. The minimum Gasteiger partial charge on any atom is -0.612 e. The molecule has 3 heterocycles. The first-order valence-corrected chi connectivity index (χ1v) is 14.2. The Hall–Kier alpha value is -3.43. The molecule has 0 saturated carbocycles. The first-order valence-electron chi connectivity index (χ1n) is 11.4. The predicted molar refractivity (Wildman–Crippen MR) is 150 cm³/mol. The molecule has 1 unspecified atom stereocenters. The molecule has 6 nitrogen and oxygen atoms in total. The van der Waals surface area contributed by atoms with E-state index in [1.807, 2.05) is 72.8 Å². The number of hydrogen-bond acceptors (Lipinski definition) is 5. The van der Waals surface area contributed by atoms with Gasteiger partial charge in [-0.2, -0.15) is 5.10 Å². The van der Waals surface area contributed by atoms with Gasteiger partial charge in [0.2, 0.25) is 0 Å². The summed E-state index contributed by atoms with van der Waals surface area (Å²) in [7, 11) is 1.75. The van der Waals surface area contributed by atoms with Crippen LogP contribution in [0.2, 0.25) is 5.02 Å². The lowest BCUT2D eigenvalue weighted by molar-refractivity contribution is 0.0778. The number of halogens is 1. The number of rotatable bonds is 7. The molecule has 5 rings (SSSR count). The Morgan fingerprint density at radius 3 is 2.54 bits per heavy atom. The Kier molecular flexibility index (Phi) is 7.43. The van der Waals surface area contributed by atoms with Crippen LogP contribution in [0.4, 0.5) is 0 Å². The topological polar surface area (TPSA) is 74.1 Å². The van der Waals surface area contributed by atoms with Crippen molar-refractivity contribution in [2.75, 3.05) is 13.3 Å². The minimum absolute atomic E-state index is 0.196. The van der Waals surface area contributed by atoms with E-state index < -0.39 is 11.2 Å². The van der Waals surface area contributed by atoms with Gasteiger partial charge in [0.05, 0.1) is 21.3 Å². The van der Waals surface area contributed by atoms with Gasteiger partial charge in [-0.25, -0.2) is 4.68 Å². The number of pyridine rings is 1. The summed E-state index contributed by atoms with van der Waals surface area (Å²) < 4.78 is 13.7. The molecule has 0 fully saturated rings. The third-order valence-electron chi connectivity index (χ3n) is 5.83. The van der Waals surface area contributed by atoms with Gasteiger partial charge in [-0.3, -0.25) is 9.78 Å². The Balaban J connectivity index is 1.53. The second kappa shape index (κ2) is 10.9. The van der Waals surface area contributed by atoms with Gasteiger partial charge in [0, 0.05) is 36.9 Å². The summed E-state index contributed by atoms with van der Waals surface area (Å²) in [6.07, 6.45) is 5.09. The van der Waals surface area contributed by atoms with Crippen LogP contribution in [0, 0.1) is 0 Å². The summed E-state index contributed by atoms with van der Waals surface area (Å²) >= 11 is 7.05. The van der Waals surface area contributed by atoms with E-state index in [0.717, 1.165) is 31.5 Å². The number of carbonyl (C=O) groups is 1. The van der Waals surface area contributed by atoms with E-state index in [-0.39, 0.29) is 5.91 Å². The van der Waals surface area contributed by atoms with Crippen molar-refractivity contribution in [1.29, 1.82) is 0 Å². The van der Waals surface area contributed by atoms with Gasteiger partial charge in [0.25, 0.3) is 5.91 Å². The molecule has 5 aromatic rings. The second-order valence-electron chi connectivity index (χ2n) is 8.44. The molecule has 0 radical (unpaired) electrons. The fourth-order valence-corrected chi connectivity index (χ4v) is 5.74. The molecule has 37 heavy (non-hydrogen) atoms. The van der Waals surface area contributed by atoms with Crippen molar-refractivity contribution in [3.63, 3.8) is 0 Å². The maximum atomic E-state index is 13.4. The summed E-state index contributed by atoms with van der Waals surface area (Å²) in [5.41, 5.74) is 3.74. The number of amides is 1. The number of hydrogen-bond donors (Lipinski definition) is 0. The molecule has 0 aliphatic carbocycles. The highest BCUT2D eigenvalue weighted by Gasteiger charge is 2.22. The van der Waals surface area contributed by atoms with E-state index in [4.69, 9.17) is 16.7 Å². The molecular formula is C28H23ClN4O2S2. The Morgan fingerprint density at radius 2 is 1.78 bits per heavy atom. The molecule has 0 saturated heterocycles. The largest absolute Gasteiger partial charge is 0.612 e. The summed E-state index contributed by atoms with van der Waals surface area (Å²) in [6.45, 7) is 0.438. The third kappa shape index (κ3) is 5.47. The van der Waals surface area contributed by atoms with Crippen LogP contribution in [0.5, 0.6) is 0 Å². The number of benzene rings is 2. The summed E-state index contributed by atoms with van der Waals surface area (Å²) in [4.78, 5) is 21.8. The zero-order valence-corrected chi connectivity index (χ0v) is 22.6. The Labute approximate surface area is 227 Å². The molecule has 2 aromatic carbocycles. The zero-order valence-electron chi connectivity index (χ0n) is 20.2. The second-order valence-corrected chi connectivity index (χ2v) is 11.3. The van der Waals surface area contributed by atoms with Crippen molar-refractivity contribution in [2.45, 2.75) is 11.4 Å². The fraction of sp³-hybridized carbons (Fsp3) is 0.107. The summed E-state index contributed by atoms with van der Waals surface area (Å²) in [5, 5.41) is 5.23. The lowest BCUT2D eigenvalue weighted by Gasteiger charge is -2.15. The number of thiophene rings is 1. The molecular weight excluding hydrogens is 524 g/mol. The van der Waals surface area contributed by atoms with Crippen LogP contribution in [0.15, 0.2) is 96.2 Å². The molecule has 9 heteroatoms. The van der Waals surface area contributed by atoms with Gasteiger partial charge < -0.3 is 9.45 Å². The number of para-hydroxylation sites is 1. The average molecular weight is 547 g/mol. The van der Waals surface area contributed by atoms with Crippen LogP contribution < -0.4 is 0 Å². The number of nitrogens with zero attached hydrogens (tertiary/aromatic N) is 4. The van der Waals surface area contributed by atoms with E-state index in [1.165, 1.54) is 0 Å². The summed E-state index contributed by atoms with van der Waals surface area (Å²) in [5.74, 6) is -0.196. The standard InChI is InChI=1S/C28H23ClN4O2S2/c1-32(18-19-12-14-30-15-13-19)28(34)23-17-25(33(31-23)24-9-4-3-8-22(24)29)27-11-10-26(36-27)20-6-5-7-21(16-20)37(2)35/h3-17H,18H2,1-2H3. The van der Waals surface area contributed by atoms with E-state index in [2.05, 4.69) is 4.98 Å². The first kappa shape index (κ1) is 25.2. The molecule has 0 aliphatic heterocycles. The van der Waals surface area contributed by atoms with Gasteiger partial charge in [-0.1, -0.05) is 35.9 Å². The van der Waals surface area contributed by atoms with Crippen LogP contribution in [-0.2, 0) is 17.7 Å². The highest BCUT2D eigenvalue weighted by molar-refractivity contribution is 7.90. The molecule has 0 N–H and O–H groups in total. The monoisotopic (exact) mass is 546 g/mol. The molecule has 1 atom stereocenters. The van der Waals surface area contributed by atoms with Gasteiger partial charge in [0.15, 0.2) is 10.6 Å². The van der Waals surface area contributed by atoms with Crippen LogP contribution in [0.1, 0.15) is 16.1 Å². The van der Waals surface area contributed by atoms with E-state index in [9.17, 15) is 9.35 Å².